The normalized spacial score (nSPS) is 10.7. The first kappa shape index (κ1) is 13.8. The van der Waals surface area contributed by atoms with Crippen molar-refractivity contribution >= 4 is 12.5 Å². The lowest BCUT2D eigenvalue weighted by atomic mass is 9.96. The Labute approximate surface area is 116 Å². The van der Waals surface area contributed by atoms with Crippen LogP contribution in [0.2, 0.25) is 0 Å². The van der Waals surface area contributed by atoms with Gasteiger partial charge in [-0.1, -0.05) is 41.6 Å². The molecule has 0 fully saturated rings. The Morgan fingerprint density at radius 3 is 2.55 bits per heavy atom. The van der Waals surface area contributed by atoms with Crippen LogP contribution in [0.15, 0.2) is 47.6 Å². The fourth-order valence-electron chi connectivity index (χ4n) is 1.98. The molecule has 0 aliphatic carbocycles. The topological polar surface area (TPSA) is 68.1 Å². The molecular weight excluding hydrogens is 258 g/mol. The maximum atomic E-state index is 11.1. The van der Waals surface area contributed by atoms with Crippen molar-refractivity contribution in [2.45, 2.75) is 0 Å². The van der Waals surface area contributed by atoms with Gasteiger partial charge in [0.1, 0.15) is 0 Å². The van der Waals surface area contributed by atoms with E-state index in [9.17, 15) is 4.79 Å². The highest BCUT2D eigenvalue weighted by Gasteiger charge is 2.13. The van der Waals surface area contributed by atoms with Gasteiger partial charge in [0, 0.05) is 5.56 Å². The summed E-state index contributed by atoms with van der Waals surface area (Å²) >= 11 is 0. The first-order chi connectivity index (χ1) is 9.81. The number of oxime groups is 1. The number of carbonyl (C=O) groups is 1. The zero-order chi connectivity index (χ0) is 14.4. The van der Waals surface area contributed by atoms with Crippen molar-refractivity contribution in [1.82, 2.24) is 0 Å². The van der Waals surface area contributed by atoms with Crippen molar-refractivity contribution in [2.75, 3.05) is 7.11 Å². The van der Waals surface area contributed by atoms with E-state index >= 15 is 0 Å². The molecule has 5 heteroatoms. The van der Waals surface area contributed by atoms with Crippen molar-refractivity contribution in [1.29, 1.82) is 0 Å². The minimum Gasteiger partial charge on any atom is -0.411 e. The lowest BCUT2D eigenvalue weighted by Gasteiger charge is -2.11. The lowest BCUT2D eigenvalue weighted by Crippen LogP contribution is -1.99. The second kappa shape index (κ2) is 6.49. The second-order valence-electron chi connectivity index (χ2n) is 3.92. The highest BCUT2D eigenvalue weighted by molar-refractivity contribution is 5.97. The summed E-state index contributed by atoms with van der Waals surface area (Å²) in [5, 5.41) is 11.9. The van der Waals surface area contributed by atoms with Gasteiger partial charge in [-0.2, -0.15) is 4.89 Å². The largest absolute Gasteiger partial charge is 0.411 e. The summed E-state index contributed by atoms with van der Waals surface area (Å²) in [6.45, 7) is 0. The van der Waals surface area contributed by atoms with Gasteiger partial charge in [-0.3, -0.25) is 4.79 Å². The first-order valence-electron chi connectivity index (χ1n) is 5.87. The number of aldehydes is 1. The predicted molar refractivity (Wildman–Crippen MR) is 74.3 cm³/mol. The highest BCUT2D eigenvalue weighted by atomic mass is 17.2. The third kappa shape index (κ3) is 2.67. The zero-order valence-corrected chi connectivity index (χ0v) is 10.8. The van der Waals surface area contributed by atoms with E-state index in [1.165, 1.54) is 13.3 Å². The third-order valence-corrected chi connectivity index (χ3v) is 2.80. The monoisotopic (exact) mass is 271 g/mol. The molecule has 0 amide bonds. The van der Waals surface area contributed by atoms with E-state index < -0.39 is 0 Å². The van der Waals surface area contributed by atoms with Gasteiger partial charge in [0.2, 0.25) is 0 Å². The van der Waals surface area contributed by atoms with Gasteiger partial charge in [-0.25, -0.2) is 0 Å². The molecule has 0 saturated carbocycles. The summed E-state index contributed by atoms with van der Waals surface area (Å²) in [6, 6.07) is 12.4. The molecule has 0 saturated heterocycles. The molecule has 102 valence electrons. The molecule has 5 nitrogen and oxygen atoms in total. The van der Waals surface area contributed by atoms with Gasteiger partial charge >= 0.3 is 0 Å². The smallest absolute Gasteiger partial charge is 0.174 e. The van der Waals surface area contributed by atoms with E-state index in [4.69, 9.17) is 10.1 Å². The summed E-state index contributed by atoms with van der Waals surface area (Å²) in [4.78, 5) is 20.8. The van der Waals surface area contributed by atoms with Crippen LogP contribution >= 0.6 is 0 Å². The maximum Gasteiger partial charge on any atom is 0.174 e. The molecule has 0 aromatic heterocycles. The summed E-state index contributed by atoms with van der Waals surface area (Å²) in [7, 11) is 1.38. The Morgan fingerprint density at radius 1 is 1.10 bits per heavy atom. The fourth-order valence-corrected chi connectivity index (χ4v) is 1.98. The average Bonchev–Trinajstić information content (AvgIpc) is 2.49. The van der Waals surface area contributed by atoms with Crippen molar-refractivity contribution in [2.24, 2.45) is 5.16 Å². The summed E-state index contributed by atoms with van der Waals surface area (Å²) in [6.07, 6.45) is 2.02. The molecule has 1 N–H and O–H groups in total. The zero-order valence-electron chi connectivity index (χ0n) is 10.8. The SMILES string of the molecule is COOc1cccc(-c2ccccc2C=O)c1C=NO. The van der Waals surface area contributed by atoms with Gasteiger partial charge in [0.05, 0.1) is 18.9 Å². The Morgan fingerprint density at radius 2 is 1.85 bits per heavy atom. The van der Waals surface area contributed by atoms with Gasteiger partial charge < -0.3 is 10.1 Å². The van der Waals surface area contributed by atoms with Crippen LogP contribution in [0.3, 0.4) is 0 Å². The quantitative estimate of drug-likeness (QED) is 0.298. The number of rotatable bonds is 5. The lowest BCUT2D eigenvalue weighted by molar-refractivity contribution is -0.178. The minimum absolute atomic E-state index is 0.392. The van der Waals surface area contributed by atoms with Crippen molar-refractivity contribution < 1.29 is 19.8 Å². The molecule has 20 heavy (non-hydrogen) atoms. The number of carbonyl (C=O) groups excluding carboxylic acids is 1. The molecule has 0 radical (unpaired) electrons. The molecule has 2 rings (SSSR count). The Hall–Kier alpha value is -2.66. The highest BCUT2D eigenvalue weighted by Crippen LogP contribution is 2.31. The number of nitrogens with zero attached hydrogens (tertiary/aromatic N) is 1. The third-order valence-electron chi connectivity index (χ3n) is 2.80. The Bertz CT molecular complexity index is 638. The van der Waals surface area contributed by atoms with Gasteiger partial charge in [0.25, 0.3) is 0 Å². The van der Waals surface area contributed by atoms with Crippen LogP contribution in [0.1, 0.15) is 15.9 Å². The molecule has 0 heterocycles. The van der Waals surface area contributed by atoms with E-state index in [1.807, 2.05) is 18.2 Å². The van der Waals surface area contributed by atoms with Crippen LogP contribution in [-0.4, -0.2) is 24.8 Å². The van der Waals surface area contributed by atoms with E-state index in [-0.39, 0.29) is 0 Å². The summed E-state index contributed by atoms with van der Waals surface area (Å²) in [5.74, 6) is 0.392. The van der Waals surface area contributed by atoms with Crippen LogP contribution in [0.25, 0.3) is 11.1 Å². The molecule has 2 aromatic rings. The van der Waals surface area contributed by atoms with E-state index in [1.54, 1.807) is 24.3 Å². The molecule has 0 aliphatic heterocycles. The van der Waals surface area contributed by atoms with Crippen molar-refractivity contribution in [3.05, 3.63) is 53.6 Å². The van der Waals surface area contributed by atoms with Gasteiger partial charge in [-0.15, -0.1) is 0 Å². The van der Waals surface area contributed by atoms with Crippen molar-refractivity contribution in [3.8, 4) is 16.9 Å². The molecular formula is C15H13NO4. The van der Waals surface area contributed by atoms with Crippen molar-refractivity contribution in [3.63, 3.8) is 0 Å². The Kier molecular flexibility index (Phi) is 4.47. The van der Waals surface area contributed by atoms with Crippen LogP contribution in [-0.2, 0) is 4.89 Å². The standard InChI is InChI=1S/C15H13NO4/c1-19-20-15-8-4-7-13(14(15)9-16-18)12-6-3-2-5-11(12)10-17/h2-10,18H,1H3. The van der Waals surface area contributed by atoms with Gasteiger partial charge in [-0.05, 0) is 17.2 Å². The van der Waals surface area contributed by atoms with E-state index in [2.05, 4.69) is 10.0 Å². The molecule has 0 spiro atoms. The molecule has 0 aliphatic rings. The van der Waals surface area contributed by atoms with Crippen LogP contribution in [0.5, 0.6) is 5.75 Å². The number of hydrogen-bond donors (Lipinski definition) is 1. The minimum atomic E-state index is 0.392. The maximum absolute atomic E-state index is 11.1. The van der Waals surface area contributed by atoms with E-state index in [0.717, 1.165) is 11.8 Å². The van der Waals surface area contributed by atoms with Crippen LogP contribution < -0.4 is 4.89 Å². The molecule has 0 atom stereocenters. The Balaban J connectivity index is 2.66. The molecule has 0 unspecified atom stereocenters. The summed E-state index contributed by atoms with van der Waals surface area (Å²) < 4.78 is 0. The summed E-state index contributed by atoms with van der Waals surface area (Å²) in [5.41, 5.74) is 2.49. The number of benzene rings is 2. The van der Waals surface area contributed by atoms with Crippen LogP contribution in [0, 0.1) is 0 Å². The molecule has 2 aromatic carbocycles. The molecule has 0 bridgehead atoms. The van der Waals surface area contributed by atoms with Gasteiger partial charge in [0.15, 0.2) is 12.0 Å². The average molecular weight is 271 g/mol. The predicted octanol–water partition coefficient (Wildman–Crippen LogP) is 2.91. The van der Waals surface area contributed by atoms with E-state index in [0.29, 0.717) is 22.4 Å². The number of hydrogen-bond acceptors (Lipinski definition) is 5. The second-order valence-corrected chi connectivity index (χ2v) is 3.92. The first-order valence-corrected chi connectivity index (χ1v) is 5.87. The van der Waals surface area contributed by atoms with Crippen LogP contribution in [0.4, 0.5) is 0 Å². The fraction of sp³-hybridized carbons (Fsp3) is 0.0667.